The summed E-state index contributed by atoms with van der Waals surface area (Å²) in [5.74, 6) is 1.25. The third-order valence-corrected chi connectivity index (χ3v) is 8.32. The highest BCUT2D eigenvalue weighted by Gasteiger charge is 2.48. The average Bonchev–Trinajstić information content (AvgIpc) is 3.60. The fraction of sp³-hybridized carbons (Fsp3) is 0.258. The van der Waals surface area contributed by atoms with Crippen LogP contribution in [0, 0.1) is 3.70 Å². The van der Waals surface area contributed by atoms with Gasteiger partial charge in [-0.15, -0.1) is 0 Å². The van der Waals surface area contributed by atoms with Gasteiger partial charge in [-0.1, -0.05) is 66.7 Å². The summed E-state index contributed by atoms with van der Waals surface area (Å²) in [5, 5.41) is 15.5. The number of H-pyrrole nitrogens is 1. The molecule has 3 heterocycles. The van der Waals surface area contributed by atoms with E-state index in [9.17, 15) is 9.90 Å². The maximum absolute atomic E-state index is 12.5. The Balaban J connectivity index is 1.53. The second kappa shape index (κ2) is 11.8. The largest absolute Gasteiger partial charge is 0.496 e. The molecular formula is C31H29IN4O6. The van der Waals surface area contributed by atoms with Gasteiger partial charge in [-0.25, -0.2) is 9.67 Å². The molecule has 0 amide bonds. The predicted octanol–water partition coefficient (Wildman–Crippen LogP) is 4.40. The molecule has 11 heteroatoms. The Kier molecular flexibility index (Phi) is 7.99. The van der Waals surface area contributed by atoms with Crippen molar-refractivity contribution in [2.45, 2.75) is 30.5 Å². The first-order valence-corrected chi connectivity index (χ1v) is 14.5. The summed E-state index contributed by atoms with van der Waals surface area (Å²) < 4.78 is 27.5. The first kappa shape index (κ1) is 28.3. The molecule has 42 heavy (non-hydrogen) atoms. The van der Waals surface area contributed by atoms with Gasteiger partial charge in [-0.2, -0.15) is 5.10 Å². The highest BCUT2D eigenvalue weighted by atomic mass is 127. The Hall–Kier alpha value is -3.78. The first-order valence-electron chi connectivity index (χ1n) is 13.4. The molecule has 3 atom stereocenters. The molecule has 0 saturated carbocycles. The quantitative estimate of drug-likeness (QED) is 0.174. The Morgan fingerprint density at radius 2 is 1.62 bits per heavy atom. The molecule has 0 aliphatic carbocycles. The molecule has 2 N–H and O–H groups in total. The van der Waals surface area contributed by atoms with Crippen molar-refractivity contribution in [3.8, 4) is 11.5 Å². The number of hydrogen-bond donors (Lipinski definition) is 2. The first-order chi connectivity index (χ1) is 20.5. The van der Waals surface area contributed by atoms with Crippen LogP contribution in [0.4, 0.5) is 0 Å². The number of nitrogens with one attached hydrogen (secondary N) is 1. The van der Waals surface area contributed by atoms with Crippen molar-refractivity contribution in [3.05, 3.63) is 116 Å². The highest BCUT2D eigenvalue weighted by molar-refractivity contribution is 14.1. The van der Waals surface area contributed by atoms with Gasteiger partial charge in [-0.3, -0.25) is 4.79 Å². The number of halogens is 1. The topological polar surface area (TPSA) is 121 Å². The van der Waals surface area contributed by atoms with Crippen molar-refractivity contribution < 1.29 is 24.1 Å². The van der Waals surface area contributed by atoms with Gasteiger partial charge in [0.05, 0.1) is 33.3 Å². The van der Waals surface area contributed by atoms with Crippen molar-refractivity contribution in [2.75, 3.05) is 20.8 Å². The zero-order valence-corrected chi connectivity index (χ0v) is 25.1. The molecule has 1 saturated heterocycles. The van der Waals surface area contributed by atoms with Gasteiger partial charge in [0.2, 0.25) is 0 Å². The minimum Gasteiger partial charge on any atom is -0.496 e. The number of aromatic nitrogens is 4. The fourth-order valence-corrected chi connectivity index (χ4v) is 6.42. The van der Waals surface area contributed by atoms with Crippen LogP contribution in [0.25, 0.3) is 11.0 Å². The second-order valence-electron chi connectivity index (χ2n) is 9.82. The average molecular weight is 680 g/mol. The standard InChI is InChI=1S/C31H29IN4O6/c1-39-22-14-8-6-12-20(22)31(19-10-4-3-5-11-19,21-13-7-9-15-23(21)40-2)42-24-16-26(41-25(24)17-37)36-29-27(28(32)35-36)30(38)34-18-33-29/h3-15,18,24-26,37H,16-17H2,1-2H3,(H,33,34,38)/t24-,25+,26+/m0/s1. The number of fused-ring (bicyclic) bond motifs is 1. The van der Waals surface area contributed by atoms with Gasteiger partial charge >= 0.3 is 0 Å². The molecule has 3 aromatic carbocycles. The van der Waals surface area contributed by atoms with Crippen LogP contribution in [-0.2, 0) is 15.1 Å². The van der Waals surface area contributed by atoms with Crippen LogP contribution in [0.5, 0.6) is 11.5 Å². The number of benzene rings is 3. The summed E-state index contributed by atoms with van der Waals surface area (Å²) in [7, 11) is 3.25. The van der Waals surface area contributed by atoms with E-state index >= 15 is 0 Å². The number of hydrogen-bond acceptors (Lipinski definition) is 8. The molecule has 5 aromatic rings. The molecule has 0 spiro atoms. The molecular weight excluding hydrogens is 651 g/mol. The van der Waals surface area contributed by atoms with Gasteiger partial charge in [0, 0.05) is 17.5 Å². The van der Waals surface area contributed by atoms with E-state index in [4.69, 9.17) is 18.9 Å². The van der Waals surface area contributed by atoms with E-state index in [1.165, 1.54) is 6.33 Å². The maximum atomic E-state index is 12.5. The van der Waals surface area contributed by atoms with Crippen LogP contribution in [0.15, 0.2) is 90.0 Å². The smallest absolute Gasteiger partial charge is 0.262 e. The molecule has 0 unspecified atom stereocenters. The summed E-state index contributed by atoms with van der Waals surface area (Å²) in [4.78, 5) is 19.5. The third kappa shape index (κ3) is 4.75. The van der Waals surface area contributed by atoms with Gasteiger partial charge in [0.1, 0.15) is 26.7 Å². The van der Waals surface area contributed by atoms with E-state index in [-0.39, 0.29) is 12.2 Å². The van der Waals surface area contributed by atoms with E-state index in [1.54, 1.807) is 18.9 Å². The molecule has 2 aromatic heterocycles. The van der Waals surface area contributed by atoms with E-state index in [0.717, 1.165) is 16.7 Å². The Bertz CT molecular complexity index is 1710. The SMILES string of the molecule is COc1ccccc1C(O[C@H]1C[C@H](n2nc(I)c3c(=O)[nH]cnc32)O[C@@H]1CO)(c1ccccc1)c1ccccc1OC. The third-order valence-electron chi connectivity index (χ3n) is 7.57. The Labute approximate surface area is 255 Å². The summed E-state index contributed by atoms with van der Waals surface area (Å²) in [6.07, 6.45) is -0.299. The summed E-state index contributed by atoms with van der Waals surface area (Å²) in [6.45, 7) is -0.297. The van der Waals surface area contributed by atoms with Crippen LogP contribution >= 0.6 is 22.6 Å². The number of rotatable bonds is 9. The highest BCUT2D eigenvalue weighted by Crippen LogP contribution is 2.50. The molecule has 1 fully saturated rings. The summed E-state index contributed by atoms with van der Waals surface area (Å²) >= 11 is 2.02. The zero-order chi connectivity index (χ0) is 29.3. The lowest BCUT2D eigenvalue weighted by atomic mass is 9.78. The Morgan fingerprint density at radius 1 is 1.00 bits per heavy atom. The number of aliphatic hydroxyl groups is 1. The molecule has 0 bridgehead atoms. The van der Waals surface area contributed by atoms with Crippen molar-refractivity contribution in [2.24, 2.45) is 0 Å². The number of ether oxygens (including phenoxy) is 4. The number of aromatic amines is 1. The molecule has 0 radical (unpaired) electrons. The minimum atomic E-state index is -1.23. The van der Waals surface area contributed by atoms with Crippen molar-refractivity contribution in [1.29, 1.82) is 0 Å². The van der Waals surface area contributed by atoms with Crippen LogP contribution in [-0.4, -0.2) is 57.9 Å². The fourth-order valence-electron chi connectivity index (χ4n) is 5.70. The van der Waals surface area contributed by atoms with E-state index in [0.29, 0.717) is 32.7 Å². The van der Waals surface area contributed by atoms with Gasteiger partial charge in [0.15, 0.2) is 17.5 Å². The molecule has 6 rings (SSSR count). The summed E-state index contributed by atoms with van der Waals surface area (Å²) in [5.41, 5.74) is 1.25. The zero-order valence-electron chi connectivity index (χ0n) is 22.9. The molecule has 10 nitrogen and oxygen atoms in total. The number of aliphatic hydroxyl groups excluding tert-OH is 1. The predicted molar refractivity (Wildman–Crippen MR) is 164 cm³/mol. The van der Waals surface area contributed by atoms with Crippen molar-refractivity contribution in [1.82, 2.24) is 19.7 Å². The minimum absolute atomic E-state index is 0.282. The number of para-hydroxylation sites is 2. The van der Waals surface area contributed by atoms with Crippen molar-refractivity contribution in [3.63, 3.8) is 0 Å². The van der Waals surface area contributed by atoms with Crippen LogP contribution < -0.4 is 15.0 Å². The van der Waals surface area contributed by atoms with Crippen LogP contribution in [0.2, 0.25) is 0 Å². The molecule has 1 aliphatic rings. The molecule has 216 valence electrons. The lowest BCUT2D eigenvalue weighted by Gasteiger charge is -2.40. The van der Waals surface area contributed by atoms with Crippen LogP contribution in [0.1, 0.15) is 29.3 Å². The number of methoxy groups -OCH3 is 2. The lowest BCUT2D eigenvalue weighted by molar-refractivity contribution is -0.101. The monoisotopic (exact) mass is 680 g/mol. The maximum Gasteiger partial charge on any atom is 0.262 e. The Morgan fingerprint density at radius 3 is 2.24 bits per heavy atom. The second-order valence-corrected chi connectivity index (χ2v) is 10.8. The van der Waals surface area contributed by atoms with Crippen LogP contribution in [0.3, 0.4) is 0 Å². The van der Waals surface area contributed by atoms with E-state index < -0.39 is 24.0 Å². The summed E-state index contributed by atoms with van der Waals surface area (Å²) in [6, 6.07) is 25.3. The van der Waals surface area contributed by atoms with E-state index in [1.807, 2.05) is 101 Å². The molecule has 1 aliphatic heterocycles. The van der Waals surface area contributed by atoms with E-state index in [2.05, 4.69) is 15.1 Å². The normalized spacial score (nSPS) is 18.8. The lowest BCUT2D eigenvalue weighted by Crippen LogP contribution is -2.41. The number of nitrogens with zero attached hydrogens (tertiary/aromatic N) is 3. The van der Waals surface area contributed by atoms with Gasteiger partial charge < -0.3 is 29.0 Å². The van der Waals surface area contributed by atoms with Gasteiger partial charge in [0.25, 0.3) is 5.56 Å². The van der Waals surface area contributed by atoms with Crippen molar-refractivity contribution >= 4 is 33.6 Å². The van der Waals surface area contributed by atoms with Gasteiger partial charge in [-0.05, 0) is 40.3 Å².